The van der Waals surface area contributed by atoms with Crippen molar-refractivity contribution in [2.45, 2.75) is 12.8 Å². The molecule has 1 saturated heterocycles. The number of benzene rings is 2. The van der Waals surface area contributed by atoms with Crippen LogP contribution in [-0.2, 0) is 14.8 Å². The van der Waals surface area contributed by atoms with E-state index in [0.717, 1.165) is 33.8 Å². The van der Waals surface area contributed by atoms with Crippen molar-refractivity contribution in [1.29, 1.82) is 0 Å². The van der Waals surface area contributed by atoms with Crippen molar-refractivity contribution >= 4 is 48.9 Å². The fraction of sp³-hybridized carbons (Fsp3) is 0.316. The first-order valence-corrected chi connectivity index (χ1v) is 11.4. The van der Waals surface area contributed by atoms with Gasteiger partial charge < -0.3 is 10.2 Å². The summed E-state index contributed by atoms with van der Waals surface area (Å²) in [6.45, 7) is 1.83. The average molecular weight is 452 g/mol. The third-order valence-corrected chi connectivity index (χ3v) is 6.09. The molecule has 0 bridgehead atoms. The van der Waals surface area contributed by atoms with E-state index in [1.165, 1.54) is 12.8 Å². The van der Waals surface area contributed by atoms with Crippen LogP contribution in [0.5, 0.6) is 0 Å². The van der Waals surface area contributed by atoms with Gasteiger partial charge in [-0.2, -0.15) is 0 Å². The zero-order valence-electron chi connectivity index (χ0n) is 15.1. The number of halogens is 1. The Hall–Kier alpha value is -2.06. The highest BCUT2D eigenvalue weighted by Crippen LogP contribution is 2.23. The van der Waals surface area contributed by atoms with Crippen molar-refractivity contribution in [1.82, 2.24) is 0 Å². The van der Waals surface area contributed by atoms with E-state index in [4.69, 9.17) is 0 Å². The number of hydrogen-bond acceptors (Lipinski definition) is 4. The first-order valence-electron chi connectivity index (χ1n) is 8.71. The molecule has 27 heavy (non-hydrogen) atoms. The highest BCUT2D eigenvalue weighted by atomic mass is 79.9. The number of carbonyl (C=O) groups excluding carboxylic acids is 1. The van der Waals surface area contributed by atoms with E-state index in [-0.39, 0.29) is 6.54 Å². The Balaban J connectivity index is 1.68. The molecule has 1 amide bonds. The van der Waals surface area contributed by atoms with Crippen molar-refractivity contribution < 1.29 is 13.2 Å². The van der Waals surface area contributed by atoms with Gasteiger partial charge in [-0.05, 0) is 61.4 Å². The van der Waals surface area contributed by atoms with E-state index in [2.05, 4.69) is 26.1 Å². The Morgan fingerprint density at radius 3 is 2.22 bits per heavy atom. The van der Waals surface area contributed by atoms with Crippen LogP contribution in [0.2, 0.25) is 0 Å². The molecule has 0 saturated carbocycles. The molecule has 0 aliphatic carbocycles. The van der Waals surface area contributed by atoms with Gasteiger partial charge in [0.15, 0.2) is 0 Å². The zero-order valence-corrected chi connectivity index (χ0v) is 17.5. The molecular weight excluding hydrogens is 430 g/mol. The third kappa shape index (κ3) is 5.23. The molecule has 0 aromatic heterocycles. The lowest BCUT2D eigenvalue weighted by Gasteiger charge is -2.22. The predicted octanol–water partition coefficient (Wildman–Crippen LogP) is 3.45. The average Bonchev–Trinajstić information content (AvgIpc) is 3.15. The number of sulfonamides is 1. The summed E-state index contributed by atoms with van der Waals surface area (Å²) in [4.78, 5) is 14.7. The summed E-state index contributed by atoms with van der Waals surface area (Å²) < 4.78 is 26.2. The van der Waals surface area contributed by atoms with Crippen LogP contribution in [0.15, 0.2) is 53.0 Å². The molecule has 8 heteroatoms. The molecule has 0 radical (unpaired) electrons. The SMILES string of the molecule is CS(=O)(=O)N(CC(=O)Nc1ccc(N2CCCC2)cc1)c1ccc(Br)cc1. The Morgan fingerprint density at radius 2 is 1.67 bits per heavy atom. The largest absolute Gasteiger partial charge is 0.372 e. The van der Waals surface area contributed by atoms with Crippen LogP contribution in [0.25, 0.3) is 0 Å². The van der Waals surface area contributed by atoms with E-state index in [1.807, 2.05) is 24.3 Å². The minimum Gasteiger partial charge on any atom is -0.372 e. The number of hydrogen-bond donors (Lipinski definition) is 1. The van der Waals surface area contributed by atoms with Crippen molar-refractivity contribution in [3.8, 4) is 0 Å². The Labute approximate surface area is 168 Å². The molecule has 0 atom stereocenters. The van der Waals surface area contributed by atoms with Crippen LogP contribution in [0.1, 0.15) is 12.8 Å². The molecule has 0 unspecified atom stereocenters. The fourth-order valence-electron chi connectivity index (χ4n) is 3.07. The summed E-state index contributed by atoms with van der Waals surface area (Å²) >= 11 is 3.32. The van der Waals surface area contributed by atoms with Gasteiger partial charge in [-0.15, -0.1) is 0 Å². The number of carbonyl (C=O) groups is 1. The molecule has 6 nitrogen and oxygen atoms in total. The second-order valence-electron chi connectivity index (χ2n) is 6.54. The summed E-state index contributed by atoms with van der Waals surface area (Å²) in [5.41, 5.74) is 2.23. The van der Waals surface area contributed by atoms with Gasteiger partial charge in [0.1, 0.15) is 6.54 Å². The highest BCUT2D eigenvalue weighted by molar-refractivity contribution is 9.10. The van der Waals surface area contributed by atoms with E-state index >= 15 is 0 Å². The van der Waals surface area contributed by atoms with Gasteiger partial charge in [-0.1, -0.05) is 15.9 Å². The molecule has 1 aliphatic heterocycles. The smallest absolute Gasteiger partial charge is 0.245 e. The van der Waals surface area contributed by atoms with Crippen LogP contribution in [0.4, 0.5) is 17.1 Å². The van der Waals surface area contributed by atoms with Crippen LogP contribution in [0, 0.1) is 0 Å². The normalized spacial score (nSPS) is 14.2. The summed E-state index contributed by atoms with van der Waals surface area (Å²) in [6, 6.07) is 14.4. The lowest BCUT2D eigenvalue weighted by Crippen LogP contribution is -2.37. The van der Waals surface area contributed by atoms with Gasteiger partial charge in [0.05, 0.1) is 11.9 Å². The van der Waals surface area contributed by atoms with Gasteiger partial charge >= 0.3 is 0 Å². The zero-order chi connectivity index (χ0) is 19.4. The molecule has 144 valence electrons. The number of anilines is 3. The predicted molar refractivity (Wildman–Crippen MR) is 113 cm³/mol. The lowest BCUT2D eigenvalue weighted by atomic mass is 10.2. The molecule has 1 fully saturated rings. The first kappa shape index (κ1) is 19.7. The minimum atomic E-state index is -3.59. The second-order valence-corrected chi connectivity index (χ2v) is 9.36. The molecule has 3 rings (SSSR count). The van der Waals surface area contributed by atoms with Gasteiger partial charge in [-0.3, -0.25) is 9.10 Å². The van der Waals surface area contributed by atoms with E-state index in [0.29, 0.717) is 11.4 Å². The summed E-state index contributed by atoms with van der Waals surface area (Å²) in [6.07, 6.45) is 3.50. The molecule has 1 aliphatic rings. The molecule has 1 N–H and O–H groups in total. The Morgan fingerprint density at radius 1 is 1.07 bits per heavy atom. The van der Waals surface area contributed by atoms with Gasteiger partial charge in [0.25, 0.3) is 0 Å². The summed E-state index contributed by atoms with van der Waals surface area (Å²) in [7, 11) is -3.59. The number of rotatable bonds is 6. The number of nitrogens with one attached hydrogen (secondary N) is 1. The van der Waals surface area contributed by atoms with Crippen molar-refractivity contribution in [2.24, 2.45) is 0 Å². The van der Waals surface area contributed by atoms with E-state index in [9.17, 15) is 13.2 Å². The Bertz CT molecular complexity index is 893. The van der Waals surface area contributed by atoms with Crippen molar-refractivity contribution in [3.05, 3.63) is 53.0 Å². The Kier molecular flexibility index (Phi) is 6.06. The molecular formula is C19H22BrN3O3S. The topological polar surface area (TPSA) is 69.7 Å². The molecule has 1 heterocycles. The van der Waals surface area contributed by atoms with Crippen LogP contribution in [0.3, 0.4) is 0 Å². The summed E-state index contributed by atoms with van der Waals surface area (Å²) in [5.74, 6) is -0.391. The van der Waals surface area contributed by atoms with Crippen LogP contribution >= 0.6 is 15.9 Å². The quantitative estimate of drug-likeness (QED) is 0.729. The van der Waals surface area contributed by atoms with Gasteiger partial charge in [0.2, 0.25) is 15.9 Å². The van der Waals surface area contributed by atoms with E-state index < -0.39 is 15.9 Å². The molecule has 0 spiro atoms. The maximum atomic E-state index is 12.4. The van der Waals surface area contributed by atoms with Crippen molar-refractivity contribution in [2.75, 3.05) is 40.4 Å². The maximum absolute atomic E-state index is 12.4. The third-order valence-electron chi connectivity index (χ3n) is 4.42. The lowest BCUT2D eigenvalue weighted by molar-refractivity contribution is -0.114. The molecule has 2 aromatic carbocycles. The summed E-state index contributed by atoms with van der Waals surface area (Å²) in [5, 5.41) is 2.77. The molecule has 2 aromatic rings. The minimum absolute atomic E-state index is 0.283. The maximum Gasteiger partial charge on any atom is 0.245 e. The van der Waals surface area contributed by atoms with E-state index in [1.54, 1.807) is 24.3 Å². The second kappa shape index (κ2) is 8.31. The van der Waals surface area contributed by atoms with Crippen molar-refractivity contribution in [3.63, 3.8) is 0 Å². The first-order chi connectivity index (χ1) is 12.8. The monoisotopic (exact) mass is 451 g/mol. The van der Waals surface area contributed by atoms with Gasteiger partial charge in [-0.25, -0.2) is 8.42 Å². The van der Waals surface area contributed by atoms with Crippen LogP contribution in [-0.4, -0.2) is 40.2 Å². The number of amides is 1. The highest BCUT2D eigenvalue weighted by Gasteiger charge is 2.21. The van der Waals surface area contributed by atoms with Gasteiger partial charge in [0, 0.05) is 28.9 Å². The number of nitrogens with zero attached hydrogens (tertiary/aromatic N) is 2. The van der Waals surface area contributed by atoms with Crippen LogP contribution < -0.4 is 14.5 Å². The standard InChI is InChI=1S/C19H22BrN3O3S/c1-27(25,26)23(18-8-4-15(20)5-9-18)14-19(24)21-16-6-10-17(11-7-16)22-12-2-3-13-22/h4-11H,2-3,12-14H2,1H3,(H,21,24). The fourth-order valence-corrected chi connectivity index (χ4v) is 4.19.